The van der Waals surface area contributed by atoms with Crippen LogP contribution in [0.4, 0.5) is 17.5 Å². The van der Waals surface area contributed by atoms with Gasteiger partial charge in [-0.3, -0.25) is 0 Å². The molecule has 1 aromatic heterocycles. The number of benzene rings is 2. The van der Waals surface area contributed by atoms with Crippen molar-refractivity contribution >= 4 is 33.4 Å². The van der Waals surface area contributed by atoms with Gasteiger partial charge in [0.2, 0.25) is 5.95 Å². The molecule has 2 N–H and O–H groups in total. The Bertz CT molecular complexity index is 821. The summed E-state index contributed by atoms with van der Waals surface area (Å²) in [5.41, 5.74) is 3.24. The van der Waals surface area contributed by atoms with Crippen LogP contribution in [-0.2, 0) is 6.42 Å². The van der Waals surface area contributed by atoms with Gasteiger partial charge in [0.25, 0.3) is 0 Å². The van der Waals surface area contributed by atoms with Crippen molar-refractivity contribution in [2.75, 3.05) is 17.2 Å². The van der Waals surface area contributed by atoms with Crippen LogP contribution in [0.15, 0.2) is 65.1 Å². The van der Waals surface area contributed by atoms with Crippen LogP contribution in [0.2, 0.25) is 0 Å². The molecule has 0 radical (unpaired) electrons. The van der Waals surface area contributed by atoms with E-state index in [9.17, 15) is 0 Å². The second-order valence-corrected chi connectivity index (χ2v) is 6.79. The second kappa shape index (κ2) is 8.62. The highest BCUT2D eigenvalue weighted by molar-refractivity contribution is 9.10. The molecule has 3 aromatic rings. The van der Waals surface area contributed by atoms with Gasteiger partial charge in [0.15, 0.2) is 0 Å². The molecule has 0 aliphatic rings. The summed E-state index contributed by atoms with van der Waals surface area (Å²) in [5.74, 6) is 1.45. The van der Waals surface area contributed by atoms with E-state index < -0.39 is 0 Å². The molecule has 3 rings (SSSR count). The smallest absolute Gasteiger partial charge is 0.229 e. The lowest BCUT2D eigenvalue weighted by Gasteiger charge is -2.10. The van der Waals surface area contributed by atoms with Crippen molar-refractivity contribution < 1.29 is 0 Å². The number of nitrogens with one attached hydrogen (secondary N) is 2. The number of anilines is 3. The number of nitrogens with zero attached hydrogens (tertiary/aromatic N) is 2. The van der Waals surface area contributed by atoms with E-state index in [2.05, 4.69) is 60.8 Å². The number of aromatic nitrogens is 2. The molecule has 0 unspecified atom stereocenters. The predicted molar refractivity (Wildman–Crippen MR) is 107 cm³/mol. The highest BCUT2D eigenvalue weighted by Gasteiger charge is 2.03. The van der Waals surface area contributed by atoms with Gasteiger partial charge in [-0.25, -0.2) is 4.98 Å². The van der Waals surface area contributed by atoms with Crippen LogP contribution in [0.25, 0.3) is 0 Å². The van der Waals surface area contributed by atoms with Gasteiger partial charge in [0.1, 0.15) is 5.82 Å². The molecule has 4 nitrogen and oxygen atoms in total. The van der Waals surface area contributed by atoms with Gasteiger partial charge < -0.3 is 10.6 Å². The van der Waals surface area contributed by atoms with Crippen molar-refractivity contribution in [3.8, 4) is 0 Å². The van der Waals surface area contributed by atoms with Gasteiger partial charge in [0, 0.05) is 28.5 Å². The Labute approximate surface area is 156 Å². The lowest BCUT2D eigenvalue weighted by atomic mass is 10.1. The van der Waals surface area contributed by atoms with Crippen LogP contribution in [0, 0.1) is 6.92 Å². The summed E-state index contributed by atoms with van der Waals surface area (Å²) in [7, 11) is 0. The molecular weight excluding hydrogens is 376 g/mol. The zero-order valence-corrected chi connectivity index (χ0v) is 15.8. The van der Waals surface area contributed by atoms with Gasteiger partial charge in [-0.2, -0.15) is 4.98 Å². The third-order valence-electron chi connectivity index (χ3n) is 3.73. The minimum atomic E-state index is 0.601. The largest absolute Gasteiger partial charge is 0.370 e. The molecule has 128 valence electrons. The zero-order valence-electron chi connectivity index (χ0n) is 14.2. The van der Waals surface area contributed by atoms with E-state index in [1.807, 2.05) is 43.3 Å². The van der Waals surface area contributed by atoms with Crippen LogP contribution in [0.1, 0.15) is 17.7 Å². The highest BCUT2D eigenvalue weighted by atomic mass is 79.9. The van der Waals surface area contributed by atoms with Gasteiger partial charge in [-0.15, -0.1) is 0 Å². The molecule has 25 heavy (non-hydrogen) atoms. The number of aryl methyl sites for hydroxylation is 2. The fraction of sp³-hybridized carbons (Fsp3) is 0.200. The summed E-state index contributed by atoms with van der Waals surface area (Å²) >= 11 is 3.47. The summed E-state index contributed by atoms with van der Waals surface area (Å²) in [5, 5.41) is 6.64. The van der Waals surface area contributed by atoms with Crippen LogP contribution >= 0.6 is 15.9 Å². The molecule has 0 saturated carbocycles. The third-order valence-corrected chi connectivity index (χ3v) is 4.22. The van der Waals surface area contributed by atoms with Crippen molar-refractivity contribution in [2.24, 2.45) is 0 Å². The van der Waals surface area contributed by atoms with Gasteiger partial charge in [0.05, 0.1) is 0 Å². The average Bonchev–Trinajstić information content (AvgIpc) is 2.59. The van der Waals surface area contributed by atoms with Crippen molar-refractivity contribution in [3.05, 3.63) is 76.4 Å². The molecule has 0 bridgehead atoms. The fourth-order valence-corrected chi connectivity index (χ4v) is 2.96. The van der Waals surface area contributed by atoms with E-state index in [1.165, 1.54) is 5.56 Å². The molecule has 5 heteroatoms. The monoisotopic (exact) mass is 396 g/mol. The zero-order chi connectivity index (χ0) is 17.5. The molecule has 2 aromatic carbocycles. The number of rotatable bonds is 7. The molecule has 0 aliphatic heterocycles. The Morgan fingerprint density at radius 2 is 1.80 bits per heavy atom. The molecule has 1 heterocycles. The first kappa shape index (κ1) is 17.4. The van der Waals surface area contributed by atoms with E-state index in [4.69, 9.17) is 0 Å². The van der Waals surface area contributed by atoms with Crippen LogP contribution in [-0.4, -0.2) is 16.5 Å². The van der Waals surface area contributed by atoms with E-state index in [1.54, 1.807) is 0 Å². The molecule has 0 aliphatic carbocycles. The third kappa shape index (κ3) is 5.57. The summed E-state index contributed by atoms with van der Waals surface area (Å²) < 4.78 is 1.02. The minimum absolute atomic E-state index is 0.601. The van der Waals surface area contributed by atoms with Crippen molar-refractivity contribution in [1.29, 1.82) is 0 Å². The second-order valence-electron chi connectivity index (χ2n) is 5.87. The Balaban J connectivity index is 1.57. The normalized spacial score (nSPS) is 10.5. The molecular formula is C20H21BrN4. The van der Waals surface area contributed by atoms with Gasteiger partial charge in [-0.05, 0) is 43.5 Å². The Kier molecular flexibility index (Phi) is 6.01. The first-order valence-electron chi connectivity index (χ1n) is 8.35. The summed E-state index contributed by atoms with van der Waals surface area (Å²) in [6, 6.07) is 20.4. The quantitative estimate of drug-likeness (QED) is 0.529. The maximum atomic E-state index is 4.55. The van der Waals surface area contributed by atoms with Crippen LogP contribution in [0.5, 0.6) is 0 Å². The van der Waals surface area contributed by atoms with E-state index >= 15 is 0 Å². The topological polar surface area (TPSA) is 49.8 Å². The lowest BCUT2D eigenvalue weighted by Crippen LogP contribution is -2.07. The summed E-state index contributed by atoms with van der Waals surface area (Å²) in [6.07, 6.45) is 2.11. The Morgan fingerprint density at radius 1 is 0.960 bits per heavy atom. The van der Waals surface area contributed by atoms with Crippen molar-refractivity contribution in [1.82, 2.24) is 9.97 Å². The lowest BCUT2D eigenvalue weighted by molar-refractivity contribution is 0.857. The molecule has 0 atom stereocenters. The highest BCUT2D eigenvalue weighted by Crippen LogP contribution is 2.19. The fourth-order valence-electron chi connectivity index (χ4n) is 2.56. The number of hydrogen-bond donors (Lipinski definition) is 2. The molecule has 0 saturated heterocycles. The van der Waals surface area contributed by atoms with Crippen molar-refractivity contribution in [2.45, 2.75) is 19.8 Å². The van der Waals surface area contributed by atoms with Gasteiger partial charge in [-0.1, -0.05) is 52.3 Å². The number of halogens is 1. The molecule has 0 amide bonds. The average molecular weight is 397 g/mol. The van der Waals surface area contributed by atoms with Crippen LogP contribution < -0.4 is 10.6 Å². The summed E-state index contributed by atoms with van der Waals surface area (Å²) in [6.45, 7) is 2.85. The maximum Gasteiger partial charge on any atom is 0.229 e. The predicted octanol–water partition coefficient (Wildman–Crippen LogP) is 5.34. The van der Waals surface area contributed by atoms with E-state index in [-0.39, 0.29) is 0 Å². The SMILES string of the molecule is Cc1cc(NCCCc2ccccc2)nc(Nc2cccc(Br)c2)n1. The molecule has 0 spiro atoms. The maximum absolute atomic E-state index is 4.55. The van der Waals surface area contributed by atoms with Crippen LogP contribution in [0.3, 0.4) is 0 Å². The Morgan fingerprint density at radius 3 is 2.60 bits per heavy atom. The molecule has 0 fully saturated rings. The minimum Gasteiger partial charge on any atom is -0.370 e. The van der Waals surface area contributed by atoms with E-state index in [0.717, 1.165) is 41.1 Å². The van der Waals surface area contributed by atoms with Crippen molar-refractivity contribution in [3.63, 3.8) is 0 Å². The number of hydrogen-bond acceptors (Lipinski definition) is 4. The Hall–Kier alpha value is -2.40. The standard InChI is InChI=1S/C20H21BrN4/c1-15-13-19(22-12-6-9-16-7-3-2-4-8-16)25-20(23-15)24-18-11-5-10-17(21)14-18/h2-5,7-8,10-11,13-14H,6,9,12H2,1H3,(H2,22,23,24,25). The summed E-state index contributed by atoms with van der Waals surface area (Å²) in [4.78, 5) is 9.01. The first-order chi connectivity index (χ1) is 12.2. The van der Waals surface area contributed by atoms with E-state index in [0.29, 0.717) is 5.95 Å². The first-order valence-corrected chi connectivity index (χ1v) is 9.14. The van der Waals surface area contributed by atoms with Gasteiger partial charge >= 0.3 is 0 Å².